The Morgan fingerprint density at radius 1 is 0.957 bits per heavy atom. The molecule has 0 heterocycles. The van der Waals surface area contributed by atoms with E-state index < -0.39 is 0 Å². The Balaban J connectivity index is 2.41. The summed E-state index contributed by atoms with van der Waals surface area (Å²) in [5.41, 5.74) is 8.49. The maximum Gasteiger partial charge on any atom is 0.129 e. The van der Waals surface area contributed by atoms with Crippen LogP contribution in [0.3, 0.4) is 0 Å². The van der Waals surface area contributed by atoms with Crippen LogP contribution in [0.2, 0.25) is 0 Å². The molecular formula is C18H19NO4. The van der Waals surface area contributed by atoms with Crippen LogP contribution >= 0.6 is 0 Å². The molecule has 0 aromatic heterocycles. The Labute approximate surface area is 135 Å². The molecule has 0 bridgehead atoms. The maximum atomic E-state index is 9.42. The first kappa shape index (κ1) is 16.5. The van der Waals surface area contributed by atoms with Crippen molar-refractivity contribution in [2.24, 2.45) is 0 Å². The first-order chi connectivity index (χ1) is 11.1. The summed E-state index contributed by atoms with van der Waals surface area (Å²) < 4.78 is 15.7. The molecule has 0 spiro atoms. The van der Waals surface area contributed by atoms with Crippen molar-refractivity contribution in [2.75, 3.05) is 27.1 Å². The lowest BCUT2D eigenvalue weighted by Gasteiger charge is -2.11. The van der Waals surface area contributed by atoms with Crippen LogP contribution in [0.1, 0.15) is 16.7 Å². The van der Waals surface area contributed by atoms with E-state index in [2.05, 4.69) is 11.8 Å². The zero-order chi connectivity index (χ0) is 16.8. The molecular weight excluding hydrogens is 294 g/mol. The van der Waals surface area contributed by atoms with Crippen molar-refractivity contribution in [3.8, 4) is 29.1 Å². The summed E-state index contributed by atoms with van der Waals surface area (Å²) >= 11 is 0. The van der Waals surface area contributed by atoms with Crippen LogP contribution in [0.25, 0.3) is 0 Å². The zero-order valence-corrected chi connectivity index (χ0v) is 13.3. The van der Waals surface area contributed by atoms with Crippen molar-refractivity contribution in [3.63, 3.8) is 0 Å². The van der Waals surface area contributed by atoms with Gasteiger partial charge in [-0.15, -0.1) is 0 Å². The Morgan fingerprint density at radius 2 is 1.61 bits per heavy atom. The van der Waals surface area contributed by atoms with E-state index in [0.717, 1.165) is 0 Å². The van der Waals surface area contributed by atoms with E-state index in [0.29, 0.717) is 39.6 Å². The van der Waals surface area contributed by atoms with Crippen molar-refractivity contribution >= 4 is 5.69 Å². The summed E-state index contributed by atoms with van der Waals surface area (Å²) in [6.45, 7) is -0.175. The van der Waals surface area contributed by atoms with Gasteiger partial charge in [-0.3, -0.25) is 0 Å². The zero-order valence-electron chi connectivity index (χ0n) is 13.3. The fraction of sp³-hybridized carbons (Fsp3) is 0.222. The van der Waals surface area contributed by atoms with Crippen molar-refractivity contribution in [3.05, 3.63) is 47.0 Å². The lowest BCUT2D eigenvalue weighted by atomic mass is 10.1. The number of aliphatic hydroxyl groups is 1. The Kier molecular flexibility index (Phi) is 5.34. The predicted molar refractivity (Wildman–Crippen MR) is 88.9 cm³/mol. The van der Waals surface area contributed by atoms with Crippen molar-refractivity contribution in [2.45, 2.75) is 6.61 Å². The molecule has 2 rings (SSSR count). The number of hydrogen-bond acceptors (Lipinski definition) is 5. The van der Waals surface area contributed by atoms with Crippen LogP contribution < -0.4 is 19.9 Å². The van der Waals surface area contributed by atoms with Crippen LogP contribution in [-0.2, 0) is 6.61 Å². The molecule has 0 fully saturated rings. The second-order valence-corrected chi connectivity index (χ2v) is 4.72. The summed E-state index contributed by atoms with van der Waals surface area (Å²) in [6, 6.07) is 8.83. The quantitative estimate of drug-likeness (QED) is 0.668. The summed E-state index contributed by atoms with van der Waals surface area (Å²) in [4.78, 5) is 0. The molecule has 120 valence electrons. The molecule has 23 heavy (non-hydrogen) atoms. The lowest BCUT2D eigenvalue weighted by Crippen LogP contribution is -1.98. The van der Waals surface area contributed by atoms with Gasteiger partial charge in [-0.2, -0.15) is 0 Å². The van der Waals surface area contributed by atoms with Crippen molar-refractivity contribution in [1.29, 1.82) is 0 Å². The van der Waals surface area contributed by atoms with Gasteiger partial charge in [0.2, 0.25) is 0 Å². The fourth-order valence-electron chi connectivity index (χ4n) is 2.13. The van der Waals surface area contributed by atoms with E-state index in [1.165, 1.54) is 14.2 Å². The van der Waals surface area contributed by atoms with E-state index in [9.17, 15) is 5.11 Å². The lowest BCUT2D eigenvalue weighted by molar-refractivity contribution is 0.265. The third kappa shape index (κ3) is 3.68. The molecule has 0 amide bonds. The standard InChI is InChI=1S/C18H19NO4/c1-21-14-7-6-13(16(19)10-14)5-4-12-8-17(22-2)15(11-20)18(9-12)23-3/h6-10,20H,11,19H2,1-3H3. The summed E-state index contributed by atoms with van der Waals surface area (Å²) in [5, 5.41) is 9.42. The molecule has 0 radical (unpaired) electrons. The molecule has 0 saturated heterocycles. The highest BCUT2D eigenvalue weighted by Crippen LogP contribution is 2.30. The van der Waals surface area contributed by atoms with Crippen LogP contribution in [0.5, 0.6) is 17.2 Å². The maximum absolute atomic E-state index is 9.42. The summed E-state index contributed by atoms with van der Waals surface area (Å²) in [7, 11) is 4.65. The predicted octanol–water partition coefficient (Wildman–Crippen LogP) is 2.19. The Morgan fingerprint density at radius 3 is 2.09 bits per heavy atom. The third-order valence-corrected chi connectivity index (χ3v) is 3.37. The highest BCUT2D eigenvalue weighted by molar-refractivity contribution is 5.61. The van der Waals surface area contributed by atoms with Crippen LogP contribution in [-0.4, -0.2) is 26.4 Å². The molecule has 0 saturated carbocycles. The second-order valence-electron chi connectivity index (χ2n) is 4.72. The first-order valence-electron chi connectivity index (χ1n) is 6.94. The van der Waals surface area contributed by atoms with E-state index in [1.807, 2.05) is 0 Å². The highest BCUT2D eigenvalue weighted by atomic mass is 16.5. The molecule has 0 aliphatic rings. The van der Waals surface area contributed by atoms with Gasteiger partial charge in [-0.1, -0.05) is 11.8 Å². The average Bonchev–Trinajstić information content (AvgIpc) is 2.59. The monoisotopic (exact) mass is 313 g/mol. The highest BCUT2D eigenvalue weighted by Gasteiger charge is 2.10. The van der Waals surface area contributed by atoms with E-state index in [1.54, 1.807) is 37.4 Å². The summed E-state index contributed by atoms with van der Waals surface area (Å²) in [6.07, 6.45) is 0. The van der Waals surface area contributed by atoms with Gasteiger partial charge in [0.25, 0.3) is 0 Å². The van der Waals surface area contributed by atoms with Gasteiger partial charge in [-0.05, 0) is 24.3 Å². The number of anilines is 1. The topological polar surface area (TPSA) is 73.9 Å². The SMILES string of the molecule is COc1ccc(C#Cc2cc(OC)c(CO)c(OC)c2)c(N)c1. The number of nitrogen functional groups attached to an aromatic ring is 1. The molecule has 0 aliphatic heterocycles. The smallest absolute Gasteiger partial charge is 0.129 e. The van der Waals surface area contributed by atoms with Gasteiger partial charge < -0.3 is 25.1 Å². The van der Waals surface area contributed by atoms with Gasteiger partial charge in [-0.25, -0.2) is 0 Å². The number of methoxy groups -OCH3 is 3. The second kappa shape index (κ2) is 7.43. The molecule has 2 aromatic rings. The molecule has 5 heteroatoms. The van der Waals surface area contributed by atoms with E-state index in [4.69, 9.17) is 19.9 Å². The number of rotatable bonds is 4. The average molecular weight is 313 g/mol. The minimum atomic E-state index is -0.175. The molecule has 0 atom stereocenters. The molecule has 5 nitrogen and oxygen atoms in total. The molecule has 2 aromatic carbocycles. The number of hydrogen-bond donors (Lipinski definition) is 2. The molecule has 3 N–H and O–H groups in total. The Hall–Kier alpha value is -2.84. The minimum Gasteiger partial charge on any atom is -0.497 e. The third-order valence-electron chi connectivity index (χ3n) is 3.37. The van der Waals surface area contributed by atoms with E-state index >= 15 is 0 Å². The number of benzene rings is 2. The van der Waals surface area contributed by atoms with Crippen molar-refractivity contribution < 1.29 is 19.3 Å². The Bertz CT molecular complexity index is 734. The van der Waals surface area contributed by atoms with Gasteiger partial charge in [0.05, 0.1) is 39.2 Å². The molecule has 0 unspecified atom stereocenters. The van der Waals surface area contributed by atoms with Gasteiger partial charge in [0.15, 0.2) is 0 Å². The van der Waals surface area contributed by atoms with Crippen LogP contribution in [0.15, 0.2) is 30.3 Å². The fourth-order valence-corrected chi connectivity index (χ4v) is 2.13. The largest absolute Gasteiger partial charge is 0.497 e. The summed E-state index contributed by atoms with van der Waals surface area (Å²) in [5.74, 6) is 7.78. The van der Waals surface area contributed by atoms with Gasteiger partial charge >= 0.3 is 0 Å². The number of ether oxygens (including phenoxy) is 3. The van der Waals surface area contributed by atoms with E-state index in [-0.39, 0.29) is 6.61 Å². The number of aliphatic hydroxyl groups excluding tert-OH is 1. The normalized spacial score (nSPS) is 9.74. The van der Waals surface area contributed by atoms with Crippen LogP contribution in [0.4, 0.5) is 5.69 Å². The first-order valence-corrected chi connectivity index (χ1v) is 6.94. The van der Waals surface area contributed by atoms with Gasteiger partial charge in [0.1, 0.15) is 17.2 Å². The van der Waals surface area contributed by atoms with Gasteiger partial charge in [0, 0.05) is 17.2 Å². The number of nitrogens with two attached hydrogens (primary N) is 1. The minimum absolute atomic E-state index is 0.175. The van der Waals surface area contributed by atoms with Crippen molar-refractivity contribution in [1.82, 2.24) is 0 Å². The molecule has 0 aliphatic carbocycles. The van der Waals surface area contributed by atoms with Crippen LogP contribution in [0, 0.1) is 11.8 Å².